The molecule has 1 aliphatic heterocycles. The monoisotopic (exact) mass is 315 g/mol. The second kappa shape index (κ2) is 6.68. The lowest BCUT2D eigenvalue weighted by Gasteiger charge is -2.16. The van der Waals surface area contributed by atoms with Gasteiger partial charge in [-0.3, -0.25) is 10.00 Å². The summed E-state index contributed by atoms with van der Waals surface area (Å²) in [5.41, 5.74) is 3.28. The molecule has 3 heterocycles. The summed E-state index contributed by atoms with van der Waals surface area (Å²) in [7, 11) is 3.97. The molecule has 0 aliphatic carbocycles. The van der Waals surface area contributed by atoms with Crippen LogP contribution in [0.2, 0.25) is 0 Å². The highest BCUT2D eigenvalue weighted by Gasteiger charge is 2.31. The van der Waals surface area contributed by atoms with E-state index < -0.39 is 0 Å². The summed E-state index contributed by atoms with van der Waals surface area (Å²) in [6, 6.07) is 6.20. The minimum atomic E-state index is -0.291. The summed E-state index contributed by atoms with van der Waals surface area (Å²) >= 11 is 0. The number of rotatable bonds is 5. The number of anilines is 1. The van der Waals surface area contributed by atoms with E-state index in [1.54, 1.807) is 0 Å². The number of aromatic amines is 1. The summed E-state index contributed by atoms with van der Waals surface area (Å²) < 4.78 is 0. The maximum atomic E-state index is 10.3. The molecule has 2 aromatic rings. The molecule has 0 aromatic carbocycles. The number of aryl methyl sites for hydroxylation is 1. The Kier molecular flexibility index (Phi) is 4.63. The Morgan fingerprint density at radius 1 is 1.35 bits per heavy atom. The van der Waals surface area contributed by atoms with Gasteiger partial charge < -0.3 is 10.0 Å². The zero-order valence-electron chi connectivity index (χ0n) is 14.0. The zero-order valence-corrected chi connectivity index (χ0v) is 14.0. The number of nitrogens with one attached hydrogen (secondary N) is 1. The van der Waals surface area contributed by atoms with E-state index in [0.29, 0.717) is 6.54 Å². The number of aromatic nitrogens is 3. The fraction of sp³-hybridized carbons (Fsp3) is 0.529. The van der Waals surface area contributed by atoms with Crippen LogP contribution in [0, 0.1) is 12.8 Å². The third-order valence-electron chi connectivity index (χ3n) is 4.39. The predicted molar refractivity (Wildman–Crippen MR) is 90.4 cm³/mol. The number of β-amino-alcohol motifs (C(OH)–C–C–N with tert-alkyl or cyclic N) is 1. The van der Waals surface area contributed by atoms with Gasteiger partial charge in [0, 0.05) is 51.5 Å². The number of pyridine rings is 1. The van der Waals surface area contributed by atoms with Crippen molar-refractivity contribution in [3.8, 4) is 0 Å². The molecule has 1 fully saturated rings. The van der Waals surface area contributed by atoms with Crippen LogP contribution < -0.4 is 4.90 Å². The third kappa shape index (κ3) is 3.89. The van der Waals surface area contributed by atoms with Crippen molar-refractivity contribution in [1.82, 2.24) is 20.1 Å². The highest BCUT2D eigenvalue weighted by Crippen LogP contribution is 2.23. The van der Waals surface area contributed by atoms with E-state index >= 15 is 0 Å². The predicted octanol–water partition coefficient (Wildman–Crippen LogP) is 1.21. The molecule has 2 N–H and O–H groups in total. The third-order valence-corrected chi connectivity index (χ3v) is 4.39. The number of H-pyrrole nitrogens is 1. The Balaban J connectivity index is 1.57. The van der Waals surface area contributed by atoms with Gasteiger partial charge >= 0.3 is 0 Å². The van der Waals surface area contributed by atoms with E-state index in [1.807, 2.05) is 38.2 Å². The standard InChI is InChI=1S/C17H25N5O/c1-12-6-15(20-19-12)7-14-10-22(11-16(14)23)9-13-4-5-17(18-8-13)21(2)3/h4-6,8,14,16,23H,7,9-11H2,1-3H3,(H,19,20)/t14-,16-/m1/s1. The largest absolute Gasteiger partial charge is 0.391 e. The SMILES string of the molecule is Cc1cc(C[C@@H]2CN(Cc3ccc(N(C)C)nc3)C[C@H]2O)n[nH]1. The second-order valence-corrected chi connectivity index (χ2v) is 6.69. The Morgan fingerprint density at radius 3 is 2.78 bits per heavy atom. The van der Waals surface area contributed by atoms with Crippen LogP contribution in [0.5, 0.6) is 0 Å². The van der Waals surface area contributed by atoms with E-state index in [-0.39, 0.29) is 12.0 Å². The van der Waals surface area contributed by atoms with Crippen molar-refractivity contribution in [2.75, 3.05) is 32.1 Å². The van der Waals surface area contributed by atoms with Gasteiger partial charge in [-0.25, -0.2) is 4.98 Å². The topological polar surface area (TPSA) is 68.3 Å². The molecule has 0 spiro atoms. The van der Waals surface area contributed by atoms with Gasteiger partial charge in [0.1, 0.15) is 5.82 Å². The van der Waals surface area contributed by atoms with Crippen LogP contribution in [-0.2, 0) is 13.0 Å². The van der Waals surface area contributed by atoms with E-state index in [0.717, 1.165) is 36.7 Å². The lowest BCUT2D eigenvalue weighted by atomic mass is 10.0. The van der Waals surface area contributed by atoms with Crippen molar-refractivity contribution >= 4 is 5.82 Å². The average Bonchev–Trinajstić information content (AvgIpc) is 3.06. The minimum absolute atomic E-state index is 0.242. The fourth-order valence-electron chi connectivity index (χ4n) is 3.15. The van der Waals surface area contributed by atoms with Crippen molar-refractivity contribution in [2.24, 2.45) is 5.92 Å². The highest BCUT2D eigenvalue weighted by atomic mass is 16.3. The van der Waals surface area contributed by atoms with Crippen molar-refractivity contribution in [2.45, 2.75) is 26.0 Å². The summed E-state index contributed by atoms with van der Waals surface area (Å²) in [6.07, 6.45) is 2.45. The van der Waals surface area contributed by atoms with Crippen LogP contribution in [0.15, 0.2) is 24.4 Å². The van der Waals surface area contributed by atoms with E-state index in [1.165, 1.54) is 5.56 Å². The molecule has 0 saturated carbocycles. The maximum absolute atomic E-state index is 10.3. The first kappa shape index (κ1) is 16.0. The first-order chi connectivity index (χ1) is 11.0. The van der Waals surface area contributed by atoms with E-state index in [2.05, 4.69) is 32.2 Å². The van der Waals surface area contributed by atoms with Crippen LogP contribution in [-0.4, -0.2) is 58.5 Å². The molecule has 6 heteroatoms. The molecule has 1 aliphatic rings. The molecule has 2 atom stereocenters. The van der Waals surface area contributed by atoms with E-state index in [9.17, 15) is 5.11 Å². The summed E-state index contributed by atoms with van der Waals surface area (Å²) in [6.45, 7) is 4.43. The molecule has 0 radical (unpaired) electrons. The average molecular weight is 315 g/mol. The molecule has 3 rings (SSSR count). The molecule has 2 aromatic heterocycles. The first-order valence-corrected chi connectivity index (χ1v) is 8.05. The van der Waals surface area contributed by atoms with Gasteiger partial charge in [0.05, 0.1) is 11.8 Å². The summed E-state index contributed by atoms with van der Waals surface area (Å²) in [5, 5.41) is 17.6. The highest BCUT2D eigenvalue weighted by molar-refractivity contribution is 5.37. The maximum Gasteiger partial charge on any atom is 0.127 e. The van der Waals surface area contributed by atoms with Gasteiger partial charge in [0.25, 0.3) is 0 Å². The molecular weight excluding hydrogens is 290 g/mol. The number of hydrogen-bond donors (Lipinski definition) is 2. The minimum Gasteiger partial charge on any atom is -0.391 e. The molecular formula is C17H25N5O. The van der Waals surface area contributed by atoms with Crippen molar-refractivity contribution in [3.63, 3.8) is 0 Å². The van der Waals surface area contributed by atoms with Crippen molar-refractivity contribution in [3.05, 3.63) is 41.3 Å². The van der Waals surface area contributed by atoms with Gasteiger partial charge in [0.15, 0.2) is 0 Å². The summed E-state index contributed by atoms with van der Waals surface area (Å²) in [4.78, 5) is 8.74. The van der Waals surface area contributed by atoms with Gasteiger partial charge in [-0.15, -0.1) is 0 Å². The lowest BCUT2D eigenvalue weighted by Crippen LogP contribution is -2.21. The fourth-order valence-corrected chi connectivity index (χ4v) is 3.15. The first-order valence-electron chi connectivity index (χ1n) is 8.05. The Hall–Kier alpha value is -1.92. The van der Waals surface area contributed by atoms with Crippen LogP contribution in [0.3, 0.4) is 0 Å². The molecule has 6 nitrogen and oxygen atoms in total. The quantitative estimate of drug-likeness (QED) is 0.868. The summed E-state index contributed by atoms with van der Waals surface area (Å²) in [5.74, 6) is 1.20. The zero-order chi connectivity index (χ0) is 16.4. The normalized spacial score (nSPS) is 21.7. The number of likely N-dealkylation sites (tertiary alicyclic amines) is 1. The van der Waals surface area contributed by atoms with Crippen LogP contribution >= 0.6 is 0 Å². The van der Waals surface area contributed by atoms with E-state index in [4.69, 9.17) is 0 Å². The second-order valence-electron chi connectivity index (χ2n) is 6.69. The number of aliphatic hydroxyl groups is 1. The number of hydrogen-bond acceptors (Lipinski definition) is 5. The Bertz CT molecular complexity index is 637. The molecule has 0 bridgehead atoms. The number of aliphatic hydroxyl groups excluding tert-OH is 1. The Labute approximate surface area is 137 Å². The molecule has 0 unspecified atom stereocenters. The number of nitrogens with zero attached hydrogens (tertiary/aromatic N) is 4. The van der Waals surface area contributed by atoms with Gasteiger partial charge in [-0.1, -0.05) is 6.07 Å². The lowest BCUT2D eigenvalue weighted by molar-refractivity contribution is 0.140. The van der Waals surface area contributed by atoms with Crippen molar-refractivity contribution in [1.29, 1.82) is 0 Å². The molecule has 0 amide bonds. The van der Waals surface area contributed by atoms with Crippen molar-refractivity contribution < 1.29 is 5.11 Å². The smallest absolute Gasteiger partial charge is 0.127 e. The van der Waals surface area contributed by atoms with Crippen LogP contribution in [0.1, 0.15) is 17.0 Å². The Morgan fingerprint density at radius 2 is 2.17 bits per heavy atom. The molecule has 1 saturated heterocycles. The molecule has 23 heavy (non-hydrogen) atoms. The molecule has 124 valence electrons. The van der Waals surface area contributed by atoms with Crippen LogP contribution in [0.25, 0.3) is 0 Å². The van der Waals surface area contributed by atoms with Gasteiger partial charge in [0.2, 0.25) is 0 Å². The van der Waals surface area contributed by atoms with Crippen LogP contribution in [0.4, 0.5) is 5.82 Å². The van der Waals surface area contributed by atoms with Gasteiger partial charge in [-0.2, -0.15) is 5.10 Å². The van der Waals surface area contributed by atoms with Gasteiger partial charge in [-0.05, 0) is 31.0 Å².